The van der Waals surface area contributed by atoms with Gasteiger partial charge in [-0.25, -0.2) is 14.3 Å². The first-order chi connectivity index (χ1) is 13.8. The highest BCUT2D eigenvalue weighted by Crippen LogP contribution is 2.37. The van der Waals surface area contributed by atoms with Gasteiger partial charge in [-0.1, -0.05) is 0 Å². The van der Waals surface area contributed by atoms with Gasteiger partial charge in [0.05, 0.1) is 17.9 Å². The van der Waals surface area contributed by atoms with Crippen molar-refractivity contribution in [3.63, 3.8) is 0 Å². The van der Waals surface area contributed by atoms with Crippen LogP contribution in [0.1, 0.15) is 70.6 Å². The van der Waals surface area contributed by atoms with Gasteiger partial charge in [0.25, 0.3) is 0 Å². The summed E-state index contributed by atoms with van der Waals surface area (Å²) in [7, 11) is 0. The van der Waals surface area contributed by atoms with Gasteiger partial charge >= 0.3 is 6.09 Å². The van der Waals surface area contributed by atoms with E-state index in [-0.39, 0.29) is 6.09 Å². The third-order valence-electron chi connectivity index (χ3n) is 5.27. The number of nitrogens with zero attached hydrogens (tertiary/aromatic N) is 4. The Hall–Kier alpha value is -2.57. The van der Waals surface area contributed by atoms with Crippen LogP contribution in [0.25, 0.3) is 11.4 Å². The number of likely N-dealkylation sites (tertiary alicyclic amines) is 1. The van der Waals surface area contributed by atoms with Crippen molar-refractivity contribution >= 4 is 17.5 Å². The fourth-order valence-corrected chi connectivity index (χ4v) is 3.72. The highest BCUT2D eigenvalue weighted by Gasteiger charge is 2.29. The van der Waals surface area contributed by atoms with Crippen molar-refractivity contribution in [2.24, 2.45) is 0 Å². The Labute approximate surface area is 171 Å². The van der Waals surface area contributed by atoms with E-state index in [0.29, 0.717) is 25.6 Å². The van der Waals surface area contributed by atoms with Crippen molar-refractivity contribution in [2.45, 2.75) is 64.9 Å². The number of piperidine rings is 1. The van der Waals surface area contributed by atoms with Gasteiger partial charge in [0.15, 0.2) is 5.65 Å². The lowest BCUT2D eigenvalue weighted by Crippen LogP contribution is -2.41. The summed E-state index contributed by atoms with van der Waals surface area (Å²) in [6.07, 6.45) is 7.63. The number of hydrogen-bond donors (Lipinski definition) is 0. The number of fused-ring (bicyclic) bond motifs is 1. The molecule has 3 heterocycles. The average Bonchev–Trinajstić information content (AvgIpc) is 3.42. The molecule has 7 heteroatoms. The normalized spacial score (nSPS) is 17.5. The lowest BCUT2D eigenvalue weighted by atomic mass is 9.94. The summed E-state index contributed by atoms with van der Waals surface area (Å²) in [4.78, 5) is 18.7. The van der Waals surface area contributed by atoms with Crippen LogP contribution in [0.4, 0.5) is 4.79 Å². The van der Waals surface area contributed by atoms with E-state index in [9.17, 15) is 4.79 Å². The molecule has 4 rings (SSSR count). The first kappa shape index (κ1) is 19.7. The van der Waals surface area contributed by atoms with E-state index in [1.165, 1.54) is 5.57 Å². The molecule has 2 aliphatic rings. The summed E-state index contributed by atoms with van der Waals surface area (Å²) in [6.45, 7) is 9.71. The third kappa shape index (κ3) is 4.54. The summed E-state index contributed by atoms with van der Waals surface area (Å²) in [5.41, 5.74) is 3.76. The zero-order valence-corrected chi connectivity index (χ0v) is 17.8. The van der Waals surface area contributed by atoms with Crippen LogP contribution in [0.15, 0.2) is 24.0 Å². The van der Waals surface area contributed by atoms with Gasteiger partial charge < -0.3 is 14.4 Å². The lowest BCUT2D eigenvalue weighted by molar-refractivity contribution is 0.0204. The van der Waals surface area contributed by atoms with E-state index >= 15 is 0 Å². The molecule has 2 aromatic heterocycles. The Kier molecular flexibility index (Phi) is 5.23. The fraction of sp³-hybridized carbons (Fsp3) is 0.591. The maximum atomic E-state index is 12.3. The first-order valence-corrected chi connectivity index (χ1v) is 10.5. The molecule has 1 saturated heterocycles. The molecule has 0 aromatic carbocycles. The minimum atomic E-state index is -0.463. The minimum Gasteiger partial charge on any atom is -0.493 e. The van der Waals surface area contributed by atoms with Gasteiger partial charge in [0, 0.05) is 37.5 Å². The van der Waals surface area contributed by atoms with E-state index in [1.807, 2.05) is 44.6 Å². The molecule has 0 N–H and O–H groups in total. The summed E-state index contributed by atoms with van der Waals surface area (Å²) in [5, 5.41) is 4.79. The molecular weight excluding hydrogens is 368 g/mol. The lowest BCUT2D eigenvalue weighted by Gasteiger charge is -2.32. The second kappa shape index (κ2) is 7.69. The standard InChI is InChI=1S/C22H30N4O3/c1-5-28-20(16-6-7-16)17-13-23-19-12-18(24-26(19)14-17)15-8-10-25(11-9-15)21(27)29-22(2,3)4/h12-15H,5-11H2,1-4H3. The summed E-state index contributed by atoms with van der Waals surface area (Å²) < 4.78 is 13.2. The number of allylic oxidation sites excluding steroid dienone is 1. The highest BCUT2D eigenvalue weighted by atomic mass is 16.6. The van der Waals surface area contributed by atoms with Crippen LogP contribution in [0.2, 0.25) is 0 Å². The predicted octanol–water partition coefficient (Wildman–Crippen LogP) is 4.39. The van der Waals surface area contributed by atoms with Crippen LogP contribution in [-0.2, 0) is 9.47 Å². The average molecular weight is 399 g/mol. The van der Waals surface area contributed by atoms with Crippen LogP contribution < -0.4 is 0 Å². The number of aromatic nitrogens is 3. The van der Waals surface area contributed by atoms with Crippen molar-refractivity contribution in [3.05, 3.63) is 35.3 Å². The Balaban J connectivity index is 1.45. The maximum absolute atomic E-state index is 12.3. The summed E-state index contributed by atoms with van der Waals surface area (Å²) in [6, 6.07) is 2.06. The van der Waals surface area contributed by atoms with Crippen LogP contribution in [0.3, 0.4) is 0 Å². The van der Waals surface area contributed by atoms with Gasteiger partial charge in [-0.3, -0.25) is 0 Å². The molecule has 0 radical (unpaired) electrons. The molecule has 156 valence electrons. The minimum absolute atomic E-state index is 0.228. The molecule has 0 atom stereocenters. The Morgan fingerprint density at radius 1 is 1.24 bits per heavy atom. The Bertz CT molecular complexity index is 927. The number of amides is 1. The monoisotopic (exact) mass is 398 g/mol. The second-order valence-corrected chi connectivity index (χ2v) is 8.82. The van der Waals surface area contributed by atoms with Crippen molar-refractivity contribution in [1.82, 2.24) is 19.5 Å². The Morgan fingerprint density at radius 3 is 2.59 bits per heavy atom. The molecule has 1 saturated carbocycles. The fourth-order valence-electron chi connectivity index (χ4n) is 3.72. The predicted molar refractivity (Wildman–Crippen MR) is 111 cm³/mol. The number of rotatable bonds is 4. The molecule has 0 spiro atoms. The Morgan fingerprint density at radius 2 is 1.97 bits per heavy atom. The van der Waals surface area contributed by atoms with Crippen molar-refractivity contribution in [1.29, 1.82) is 0 Å². The molecule has 0 bridgehead atoms. The molecule has 1 amide bonds. The number of hydrogen-bond acceptors (Lipinski definition) is 5. The third-order valence-corrected chi connectivity index (χ3v) is 5.27. The molecular formula is C22H30N4O3. The van der Waals surface area contributed by atoms with Gasteiger partial charge in [0.2, 0.25) is 0 Å². The van der Waals surface area contributed by atoms with Crippen LogP contribution >= 0.6 is 0 Å². The second-order valence-electron chi connectivity index (χ2n) is 8.82. The smallest absolute Gasteiger partial charge is 0.410 e. The SMILES string of the molecule is CCOC(=C1CC1)c1cnc2cc(C3CCN(C(=O)OC(C)(C)C)CC3)nn2c1. The zero-order valence-electron chi connectivity index (χ0n) is 17.8. The van der Waals surface area contributed by atoms with E-state index in [0.717, 1.165) is 48.3 Å². The zero-order chi connectivity index (χ0) is 20.6. The van der Waals surface area contributed by atoms with Gasteiger partial charge in [-0.05, 0) is 59.0 Å². The molecule has 1 aliphatic heterocycles. The summed E-state index contributed by atoms with van der Waals surface area (Å²) >= 11 is 0. The molecule has 2 fully saturated rings. The van der Waals surface area contributed by atoms with E-state index in [2.05, 4.69) is 11.1 Å². The molecule has 1 aliphatic carbocycles. The number of carbonyl (C=O) groups excluding carboxylic acids is 1. The van der Waals surface area contributed by atoms with Gasteiger partial charge in [0.1, 0.15) is 11.4 Å². The molecule has 29 heavy (non-hydrogen) atoms. The quantitative estimate of drug-likeness (QED) is 0.715. The van der Waals surface area contributed by atoms with Crippen molar-refractivity contribution in [2.75, 3.05) is 19.7 Å². The highest BCUT2D eigenvalue weighted by molar-refractivity contribution is 5.68. The van der Waals surface area contributed by atoms with Gasteiger partial charge in [-0.2, -0.15) is 5.10 Å². The van der Waals surface area contributed by atoms with E-state index in [4.69, 9.17) is 14.6 Å². The molecule has 7 nitrogen and oxygen atoms in total. The number of ether oxygens (including phenoxy) is 2. The van der Waals surface area contributed by atoms with E-state index < -0.39 is 5.60 Å². The number of carbonyl (C=O) groups is 1. The van der Waals surface area contributed by atoms with Crippen molar-refractivity contribution < 1.29 is 14.3 Å². The van der Waals surface area contributed by atoms with Gasteiger partial charge in [-0.15, -0.1) is 0 Å². The van der Waals surface area contributed by atoms with Crippen LogP contribution in [0.5, 0.6) is 0 Å². The van der Waals surface area contributed by atoms with Crippen molar-refractivity contribution in [3.8, 4) is 0 Å². The largest absolute Gasteiger partial charge is 0.493 e. The van der Waals surface area contributed by atoms with Crippen LogP contribution in [0, 0.1) is 0 Å². The molecule has 2 aromatic rings. The first-order valence-electron chi connectivity index (χ1n) is 10.5. The van der Waals surface area contributed by atoms with Crippen LogP contribution in [-0.4, -0.2) is 50.9 Å². The van der Waals surface area contributed by atoms with E-state index in [1.54, 1.807) is 4.90 Å². The summed E-state index contributed by atoms with van der Waals surface area (Å²) in [5.74, 6) is 1.29. The topological polar surface area (TPSA) is 69.0 Å². The molecule has 0 unspecified atom stereocenters. The maximum Gasteiger partial charge on any atom is 0.410 e.